The molecule has 5 heteroatoms. The summed E-state index contributed by atoms with van der Waals surface area (Å²) >= 11 is 1.96. The van der Waals surface area contributed by atoms with Crippen LogP contribution in [0.5, 0.6) is 0 Å². The van der Waals surface area contributed by atoms with Crippen LogP contribution in [0, 0.1) is 9.39 Å². The van der Waals surface area contributed by atoms with E-state index >= 15 is 0 Å². The van der Waals surface area contributed by atoms with E-state index in [2.05, 4.69) is 0 Å². The normalized spacial score (nSPS) is 11.0. The second-order valence-corrected chi connectivity index (χ2v) is 3.91. The molecule has 0 aliphatic carbocycles. The fraction of sp³-hybridized carbons (Fsp3) is 0.125. The summed E-state index contributed by atoms with van der Waals surface area (Å²) in [5.74, 6) is -0.980. The van der Waals surface area contributed by atoms with Gasteiger partial charge in [0.25, 0.3) is 0 Å². The summed E-state index contributed by atoms with van der Waals surface area (Å²) in [6.07, 6.45) is 0. The van der Waals surface area contributed by atoms with Gasteiger partial charge in [-0.2, -0.15) is 0 Å². The van der Waals surface area contributed by atoms with Crippen LogP contribution in [0.25, 0.3) is 11.1 Å². The number of rotatable bonds is 0. The molecule has 0 bridgehead atoms. The predicted octanol–water partition coefficient (Wildman–Crippen LogP) is 1.88. The Labute approximate surface area is 86.3 Å². The van der Waals surface area contributed by atoms with Gasteiger partial charge in [-0.25, -0.2) is 9.18 Å². The van der Waals surface area contributed by atoms with Gasteiger partial charge in [0.2, 0.25) is 0 Å². The molecule has 0 atom stereocenters. The third-order valence-electron chi connectivity index (χ3n) is 1.80. The summed E-state index contributed by atoms with van der Waals surface area (Å²) in [5.41, 5.74) is 0.502. The predicted molar refractivity (Wildman–Crippen MR) is 54.1 cm³/mol. The van der Waals surface area contributed by atoms with E-state index in [4.69, 9.17) is 4.42 Å². The first-order valence-corrected chi connectivity index (χ1v) is 4.62. The van der Waals surface area contributed by atoms with Gasteiger partial charge in [-0.3, -0.25) is 4.57 Å². The number of benzene rings is 1. The van der Waals surface area contributed by atoms with E-state index in [1.165, 1.54) is 13.1 Å². The SMILES string of the molecule is Cn1c(=O)oc2cc(I)cc(F)c21. The molecule has 3 nitrogen and oxygen atoms in total. The van der Waals surface area contributed by atoms with Gasteiger partial charge >= 0.3 is 5.76 Å². The molecule has 13 heavy (non-hydrogen) atoms. The Morgan fingerprint density at radius 2 is 2.23 bits per heavy atom. The van der Waals surface area contributed by atoms with Gasteiger partial charge < -0.3 is 4.42 Å². The molecule has 0 aliphatic rings. The van der Waals surface area contributed by atoms with Crippen LogP contribution in [-0.4, -0.2) is 4.57 Å². The molecule has 0 saturated heterocycles. The molecule has 0 fully saturated rings. The van der Waals surface area contributed by atoms with E-state index in [-0.39, 0.29) is 11.1 Å². The van der Waals surface area contributed by atoms with Gasteiger partial charge in [-0.05, 0) is 34.7 Å². The van der Waals surface area contributed by atoms with E-state index in [1.54, 1.807) is 6.07 Å². The minimum absolute atomic E-state index is 0.213. The molecule has 2 aromatic rings. The average molecular weight is 293 g/mol. The fourth-order valence-electron chi connectivity index (χ4n) is 1.20. The standard InChI is InChI=1S/C8H5FINO2/c1-11-7-5(9)2-4(10)3-6(7)13-8(11)12/h2-3H,1H3. The van der Waals surface area contributed by atoms with E-state index in [1.807, 2.05) is 22.6 Å². The van der Waals surface area contributed by atoms with Crippen molar-refractivity contribution in [3.8, 4) is 0 Å². The van der Waals surface area contributed by atoms with Crippen molar-refractivity contribution >= 4 is 33.7 Å². The van der Waals surface area contributed by atoms with E-state index < -0.39 is 11.6 Å². The van der Waals surface area contributed by atoms with Crippen LogP contribution >= 0.6 is 22.6 Å². The van der Waals surface area contributed by atoms with Gasteiger partial charge in [0.15, 0.2) is 11.4 Å². The Kier molecular flexibility index (Phi) is 1.90. The summed E-state index contributed by atoms with van der Waals surface area (Å²) in [6, 6.07) is 2.98. The molecule has 1 aromatic carbocycles. The quantitative estimate of drug-likeness (QED) is 0.695. The van der Waals surface area contributed by atoms with Crippen molar-refractivity contribution in [2.75, 3.05) is 0 Å². The van der Waals surface area contributed by atoms with Crippen molar-refractivity contribution in [1.29, 1.82) is 0 Å². The first-order chi connectivity index (χ1) is 6.09. The smallest absolute Gasteiger partial charge is 0.408 e. The maximum absolute atomic E-state index is 13.3. The number of nitrogens with zero attached hydrogens (tertiary/aromatic N) is 1. The van der Waals surface area contributed by atoms with Crippen LogP contribution < -0.4 is 5.76 Å². The van der Waals surface area contributed by atoms with Gasteiger partial charge in [-0.1, -0.05) is 0 Å². The molecule has 0 radical (unpaired) electrons. The molecule has 0 N–H and O–H groups in total. The van der Waals surface area contributed by atoms with Gasteiger partial charge in [0.1, 0.15) is 5.52 Å². The second kappa shape index (κ2) is 2.83. The van der Waals surface area contributed by atoms with Gasteiger partial charge in [0, 0.05) is 10.6 Å². The summed E-state index contributed by atoms with van der Waals surface area (Å²) in [5, 5.41) is 0. The van der Waals surface area contributed by atoms with Crippen molar-refractivity contribution < 1.29 is 8.81 Å². The van der Waals surface area contributed by atoms with Crippen molar-refractivity contribution in [2.24, 2.45) is 7.05 Å². The number of aromatic nitrogens is 1. The summed E-state index contributed by atoms with van der Waals surface area (Å²) in [4.78, 5) is 11.0. The molecule has 2 rings (SSSR count). The Morgan fingerprint density at radius 1 is 1.54 bits per heavy atom. The molecule has 0 saturated carbocycles. The van der Waals surface area contributed by atoms with Gasteiger partial charge in [0.05, 0.1) is 0 Å². The highest BCUT2D eigenvalue weighted by atomic mass is 127. The third kappa shape index (κ3) is 1.27. The summed E-state index contributed by atoms with van der Waals surface area (Å²) in [7, 11) is 1.48. The summed E-state index contributed by atoms with van der Waals surface area (Å²) in [6.45, 7) is 0. The topological polar surface area (TPSA) is 35.1 Å². The van der Waals surface area contributed by atoms with Crippen molar-refractivity contribution in [1.82, 2.24) is 4.57 Å². The van der Waals surface area contributed by atoms with E-state index in [9.17, 15) is 9.18 Å². The summed E-state index contributed by atoms with van der Waals surface area (Å²) < 4.78 is 20.0. The number of halogens is 2. The molecule has 0 aliphatic heterocycles. The zero-order chi connectivity index (χ0) is 9.59. The van der Waals surface area contributed by atoms with Crippen LogP contribution in [0.3, 0.4) is 0 Å². The maximum atomic E-state index is 13.3. The van der Waals surface area contributed by atoms with Crippen LogP contribution in [-0.2, 0) is 7.05 Å². The average Bonchev–Trinajstić information content (AvgIpc) is 2.27. The number of oxazole rings is 1. The Bertz CT molecular complexity index is 529. The first kappa shape index (κ1) is 8.74. The molecule has 1 aromatic heterocycles. The second-order valence-electron chi connectivity index (χ2n) is 2.66. The largest absolute Gasteiger partial charge is 0.419 e. The Morgan fingerprint density at radius 3 is 2.92 bits per heavy atom. The molecule has 0 amide bonds. The van der Waals surface area contributed by atoms with E-state index in [0.29, 0.717) is 3.57 Å². The van der Waals surface area contributed by atoms with Crippen molar-refractivity contribution in [3.05, 3.63) is 32.1 Å². The fourth-order valence-corrected chi connectivity index (χ4v) is 1.76. The minimum Gasteiger partial charge on any atom is -0.408 e. The van der Waals surface area contributed by atoms with Crippen LogP contribution in [0.1, 0.15) is 0 Å². The molecule has 0 unspecified atom stereocenters. The van der Waals surface area contributed by atoms with Crippen LogP contribution in [0.15, 0.2) is 21.3 Å². The molecular formula is C8H5FINO2. The third-order valence-corrected chi connectivity index (χ3v) is 2.42. The van der Waals surface area contributed by atoms with Gasteiger partial charge in [-0.15, -0.1) is 0 Å². The van der Waals surface area contributed by atoms with Crippen LogP contribution in [0.4, 0.5) is 4.39 Å². The highest BCUT2D eigenvalue weighted by molar-refractivity contribution is 14.1. The molecule has 0 spiro atoms. The zero-order valence-corrected chi connectivity index (χ0v) is 8.83. The maximum Gasteiger partial charge on any atom is 0.419 e. The number of hydrogen-bond donors (Lipinski definition) is 0. The lowest BCUT2D eigenvalue weighted by Crippen LogP contribution is -2.09. The molecular weight excluding hydrogens is 288 g/mol. The number of fused-ring (bicyclic) bond motifs is 1. The zero-order valence-electron chi connectivity index (χ0n) is 6.67. The Balaban J connectivity index is 3.03. The Hall–Kier alpha value is -0.850. The molecule has 68 valence electrons. The first-order valence-electron chi connectivity index (χ1n) is 3.54. The number of hydrogen-bond acceptors (Lipinski definition) is 2. The van der Waals surface area contributed by atoms with Crippen molar-refractivity contribution in [3.63, 3.8) is 0 Å². The number of aryl methyl sites for hydroxylation is 1. The minimum atomic E-state index is -0.545. The highest BCUT2D eigenvalue weighted by Crippen LogP contribution is 2.19. The van der Waals surface area contributed by atoms with Crippen LogP contribution in [0.2, 0.25) is 0 Å². The van der Waals surface area contributed by atoms with E-state index in [0.717, 1.165) is 4.57 Å². The molecule has 1 heterocycles. The highest BCUT2D eigenvalue weighted by Gasteiger charge is 2.11. The lowest BCUT2D eigenvalue weighted by Gasteiger charge is -1.94. The lowest BCUT2D eigenvalue weighted by molar-refractivity contribution is 0.527. The monoisotopic (exact) mass is 293 g/mol. The lowest BCUT2D eigenvalue weighted by atomic mass is 10.3. The van der Waals surface area contributed by atoms with Crippen molar-refractivity contribution in [2.45, 2.75) is 0 Å².